The summed E-state index contributed by atoms with van der Waals surface area (Å²) in [5, 5.41) is 15.3. The van der Waals surface area contributed by atoms with Crippen LogP contribution in [0.5, 0.6) is 0 Å². The smallest absolute Gasteiger partial charge is 0.333 e. The van der Waals surface area contributed by atoms with Gasteiger partial charge in [-0.3, -0.25) is 15.0 Å². The number of rotatable bonds is 3. The molecule has 2 heterocycles. The van der Waals surface area contributed by atoms with E-state index in [0.717, 1.165) is 13.0 Å². The lowest BCUT2D eigenvalue weighted by Gasteiger charge is -2.19. The van der Waals surface area contributed by atoms with Crippen LogP contribution in [0.4, 0.5) is 11.5 Å². The number of likely N-dealkylation sites (tertiary alicyclic amines) is 1. The first-order chi connectivity index (χ1) is 8.99. The maximum absolute atomic E-state index is 11.0. The number of nitrogens with zero attached hydrogens (tertiary/aromatic N) is 4. The van der Waals surface area contributed by atoms with Gasteiger partial charge in [0.2, 0.25) is 5.82 Å². The van der Waals surface area contributed by atoms with Gasteiger partial charge in [0.25, 0.3) is 0 Å². The monoisotopic (exact) mass is 265 g/mol. The van der Waals surface area contributed by atoms with E-state index in [1.807, 2.05) is 0 Å². The molecule has 7 heteroatoms. The van der Waals surface area contributed by atoms with E-state index in [9.17, 15) is 10.1 Å². The summed E-state index contributed by atoms with van der Waals surface area (Å²) in [5.74, 6) is 0.192. The van der Waals surface area contributed by atoms with Gasteiger partial charge in [0.1, 0.15) is 5.69 Å². The molecule has 0 spiro atoms. The molecule has 1 aromatic rings. The number of hydrogen-bond acceptors (Lipinski definition) is 5. The number of anilines is 1. The largest absolute Gasteiger partial charge is 0.378 e. The molecule has 0 aromatic carbocycles. The standard InChI is InChI=1S/C12H19N5O2/c1-7-5-10(6-15(7)9-3-4-9)16-12(13)11(17(18)19)8(2)14-16/h7,9-10H,3-6,13H2,1-2H3. The van der Waals surface area contributed by atoms with Crippen LogP contribution in [0.15, 0.2) is 0 Å². The van der Waals surface area contributed by atoms with Crippen LogP contribution in [0, 0.1) is 17.0 Å². The molecule has 0 amide bonds. The Morgan fingerprint density at radius 3 is 2.63 bits per heavy atom. The van der Waals surface area contributed by atoms with Crippen LogP contribution >= 0.6 is 0 Å². The molecule has 1 aromatic heterocycles. The molecule has 0 bridgehead atoms. The lowest BCUT2D eigenvalue weighted by molar-refractivity contribution is -0.384. The molecule has 2 aliphatic rings. The van der Waals surface area contributed by atoms with Crippen molar-refractivity contribution in [2.45, 2.75) is 51.2 Å². The zero-order valence-corrected chi connectivity index (χ0v) is 11.2. The molecule has 1 saturated heterocycles. The summed E-state index contributed by atoms with van der Waals surface area (Å²) in [6.45, 7) is 4.75. The fourth-order valence-electron chi connectivity index (χ4n) is 3.18. The van der Waals surface area contributed by atoms with Gasteiger partial charge in [0.05, 0.1) is 11.0 Å². The molecule has 2 fully saturated rings. The van der Waals surface area contributed by atoms with E-state index in [-0.39, 0.29) is 17.5 Å². The predicted octanol–water partition coefficient (Wildman–Crippen LogP) is 1.48. The van der Waals surface area contributed by atoms with Gasteiger partial charge in [-0.25, -0.2) is 4.68 Å². The molecule has 1 saturated carbocycles. The predicted molar refractivity (Wildman–Crippen MR) is 70.9 cm³/mol. The average molecular weight is 265 g/mol. The topological polar surface area (TPSA) is 90.2 Å². The molecule has 104 valence electrons. The van der Waals surface area contributed by atoms with Crippen molar-refractivity contribution >= 4 is 11.5 Å². The van der Waals surface area contributed by atoms with Crippen LogP contribution in [0.3, 0.4) is 0 Å². The highest BCUT2D eigenvalue weighted by molar-refractivity contribution is 5.56. The summed E-state index contributed by atoms with van der Waals surface area (Å²) in [6.07, 6.45) is 3.49. The zero-order valence-electron chi connectivity index (χ0n) is 11.2. The van der Waals surface area contributed by atoms with Crippen molar-refractivity contribution in [2.75, 3.05) is 12.3 Å². The van der Waals surface area contributed by atoms with Crippen LogP contribution in [-0.4, -0.2) is 38.2 Å². The second-order valence-electron chi connectivity index (χ2n) is 5.69. The third-order valence-electron chi connectivity index (χ3n) is 4.24. The van der Waals surface area contributed by atoms with Crippen molar-refractivity contribution in [2.24, 2.45) is 0 Å². The van der Waals surface area contributed by atoms with Crippen LogP contribution < -0.4 is 5.73 Å². The van der Waals surface area contributed by atoms with E-state index in [4.69, 9.17) is 5.73 Å². The van der Waals surface area contributed by atoms with Gasteiger partial charge in [0.15, 0.2) is 0 Å². The Hall–Kier alpha value is -1.63. The van der Waals surface area contributed by atoms with Crippen LogP contribution in [-0.2, 0) is 0 Å². The first-order valence-electron chi connectivity index (χ1n) is 6.73. The molecule has 3 rings (SSSR count). The van der Waals surface area contributed by atoms with E-state index in [0.29, 0.717) is 17.8 Å². The molecule has 0 radical (unpaired) electrons. The van der Waals surface area contributed by atoms with Crippen molar-refractivity contribution < 1.29 is 4.92 Å². The van der Waals surface area contributed by atoms with Crippen molar-refractivity contribution in [3.63, 3.8) is 0 Å². The van der Waals surface area contributed by atoms with Crippen LogP contribution in [0.25, 0.3) is 0 Å². The van der Waals surface area contributed by atoms with Crippen LogP contribution in [0.2, 0.25) is 0 Å². The van der Waals surface area contributed by atoms with Crippen molar-refractivity contribution in [1.29, 1.82) is 0 Å². The Balaban J connectivity index is 1.87. The highest BCUT2D eigenvalue weighted by atomic mass is 16.6. The normalized spacial score (nSPS) is 27.9. The number of nitro groups is 1. The molecule has 1 aliphatic heterocycles. The number of nitrogens with two attached hydrogens (primary N) is 1. The van der Waals surface area contributed by atoms with Crippen molar-refractivity contribution in [1.82, 2.24) is 14.7 Å². The SMILES string of the molecule is Cc1nn(C2CC(C)N(C3CC3)C2)c(N)c1[N+](=O)[O-]. The van der Waals surface area contributed by atoms with Gasteiger partial charge in [0, 0.05) is 18.6 Å². The third-order valence-corrected chi connectivity index (χ3v) is 4.24. The minimum Gasteiger partial charge on any atom is -0.378 e. The number of nitrogen functional groups attached to an aromatic ring is 1. The van der Waals surface area contributed by atoms with Gasteiger partial charge in [-0.2, -0.15) is 5.10 Å². The second-order valence-corrected chi connectivity index (χ2v) is 5.69. The molecule has 7 nitrogen and oxygen atoms in total. The summed E-state index contributed by atoms with van der Waals surface area (Å²) in [4.78, 5) is 13.0. The zero-order chi connectivity index (χ0) is 13.7. The van der Waals surface area contributed by atoms with Gasteiger partial charge >= 0.3 is 5.69 Å². The Bertz CT molecular complexity index is 522. The van der Waals surface area contributed by atoms with Crippen molar-refractivity contribution in [3.05, 3.63) is 15.8 Å². The average Bonchev–Trinajstić information content (AvgIpc) is 3.02. The van der Waals surface area contributed by atoms with E-state index < -0.39 is 4.92 Å². The highest BCUT2D eigenvalue weighted by Crippen LogP contribution is 2.39. The molecule has 1 aliphatic carbocycles. The van der Waals surface area contributed by atoms with Gasteiger partial charge in [-0.05, 0) is 33.1 Å². The molecule has 2 atom stereocenters. The fourth-order valence-corrected chi connectivity index (χ4v) is 3.18. The fraction of sp³-hybridized carbons (Fsp3) is 0.750. The number of aromatic nitrogens is 2. The first kappa shape index (κ1) is 12.4. The van der Waals surface area contributed by atoms with E-state index in [1.165, 1.54) is 12.8 Å². The third kappa shape index (κ3) is 1.98. The van der Waals surface area contributed by atoms with Gasteiger partial charge < -0.3 is 5.73 Å². The minimum atomic E-state index is -0.439. The first-order valence-corrected chi connectivity index (χ1v) is 6.73. The highest BCUT2D eigenvalue weighted by Gasteiger charge is 2.41. The Morgan fingerprint density at radius 1 is 1.42 bits per heavy atom. The van der Waals surface area contributed by atoms with Gasteiger partial charge in [-0.15, -0.1) is 0 Å². The lowest BCUT2D eigenvalue weighted by atomic mass is 10.2. The molecule has 19 heavy (non-hydrogen) atoms. The molecular weight excluding hydrogens is 246 g/mol. The maximum Gasteiger partial charge on any atom is 0.333 e. The quantitative estimate of drug-likeness (QED) is 0.660. The van der Waals surface area contributed by atoms with E-state index in [2.05, 4.69) is 16.9 Å². The van der Waals surface area contributed by atoms with Crippen LogP contribution in [0.1, 0.15) is 37.9 Å². The lowest BCUT2D eigenvalue weighted by Crippen LogP contribution is -2.29. The summed E-state index contributed by atoms with van der Waals surface area (Å²) in [7, 11) is 0. The molecular formula is C12H19N5O2. The Morgan fingerprint density at radius 2 is 2.11 bits per heavy atom. The number of aryl methyl sites for hydroxylation is 1. The van der Waals surface area contributed by atoms with E-state index in [1.54, 1.807) is 11.6 Å². The summed E-state index contributed by atoms with van der Waals surface area (Å²) >= 11 is 0. The maximum atomic E-state index is 11.0. The van der Waals surface area contributed by atoms with E-state index >= 15 is 0 Å². The Kier molecular flexibility index (Phi) is 2.74. The molecule has 2 N–H and O–H groups in total. The minimum absolute atomic E-state index is 0.0440. The summed E-state index contributed by atoms with van der Waals surface area (Å²) in [5.41, 5.74) is 6.27. The summed E-state index contributed by atoms with van der Waals surface area (Å²) in [6, 6.07) is 1.36. The number of hydrogen-bond donors (Lipinski definition) is 1. The molecule has 2 unspecified atom stereocenters. The Labute approximate surface area is 111 Å². The van der Waals surface area contributed by atoms with Gasteiger partial charge in [-0.1, -0.05) is 0 Å². The second kappa shape index (κ2) is 4.19. The van der Waals surface area contributed by atoms with Crippen molar-refractivity contribution in [3.8, 4) is 0 Å². The summed E-state index contributed by atoms with van der Waals surface area (Å²) < 4.78 is 1.66.